The van der Waals surface area contributed by atoms with Crippen molar-refractivity contribution in [1.29, 1.82) is 0 Å². The maximum atomic E-state index is 12.4. The lowest BCUT2D eigenvalue weighted by Crippen LogP contribution is -2.46. The number of hydrogen-bond acceptors (Lipinski definition) is 2. The smallest absolute Gasteiger partial charge is 0.207 e. The summed E-state index contributed by atoms with van der Waals surface area (Å²) in [7, 11) is -3.46. The second-order valence-corrected chi connectivity index (χ2v) is 7.47. The fraction of sp³-hybridized carbons (Fsp3) is 0.467. The Kier molecular flexibility index (Phi) is 3.83. The van der Waals surface area contributed by atoms with Crippen molar-refractivity contribution in [3.05, 3.63) is 42.0 Å². The monoisotopic (exact) mass is 279 g/mol. The Morgan fingerprint density at radius 2 is 1.89 bits per heavy atom. The third-order valence-corrected chi connectivity index (χ3v) is 5.12. The molecular formula is C15H21NO2S. The van der Waals surface area contributed by atoms with E-state index in [9.17, 15) is 8.42 Å². The Labute approximate surface area is 115 Å². The Balaban J connectivity index is 2.24. The summed E-state index contributed by atoms with van der Waals surface area (Å²) in [6, 6.07) is 6.93. The minimum absolute atomic E-state index is 0.325. The first-order valence-corrected chi connectivity index (χ1v) is 8.07. The zero-order chi connectivity index (χ0) is 14.1. The van der Waals surface area contributed by atoms with Gasteiger partial charge in [-0.25, -0.2) is 13.1 Å². The van der Waals surface area contributed by atoms with Gasteiger partial charge in [0.25, 0.3) is 0 Å². The van der Waals surface area contributed by atoms with E-state index in [1.807, 2.05) is 32.1 Å². The largest absolute Gasteiger partial charge is 0.241 e. The van der Waals surface area contributed by atoms with Gasteiger partial charge in [-0.1, -0.05) is 36.8 Å². The third kappa shape index (κ3) is 3.45. The van der Waals surface area contributed by atoms with E-state index in [1.54, 1.807) is 12.1 Å². The van der Waals surface area contributed by atoms with Crippen LogP contribution in [0.5, 0.6) is 0 Å². The fourth-order valence-corrected chi connectivity index (χ4v) is 3.97. The lowest BCUT2D eigenvalue weighted by molar-refractivity contribution is 0.368. The van der Waals surface area contributed by atoms with Crippen molar-refractivity contribution in [3.63, 3.8) is 0 Å². The molecule has 4 heteroatoms. The summed E-state index contributed by atoms with van der Waals surface area (Å²) in [6.07, 6.45) is 5.88. The summed E-state index contributed by atoms with van der Waals surface area (Å²) in [5.41, 5.74) is 0.567. The van der Waals surface area contributed by atoms with Gasteiger partial charge in [-0.15, -0.1) is 0 Å². The quantitative estimate of drug-likeness (QED) is 0.865. The third-order valence-electron chi connectivity index (χ3n) is 3.50. The summed E-state index contributed by atoms with van der Waals surface area (Å²) < 4.78 is 27.6. The van der Waals surface area contributed by atoms with Gasteiger partial charge in [0.15, 0.2) is 0 Å². The number of hydrogen-bond donors (Lipinski definition) is 1. The minimum Gasteiger partial charge on any atom is -0.207 e. The molecule has 104 valence electrons. The van der Waals surface area contributed by atoms with E-state index >= 15 is 0 Å². The first-order valence-electron chi connectivity index (χ1n) is 6.59. The molecule has 0 aromatic heterocycles. The molecule has 1 N–H and O–H groups in total. The molecule has 1 aliphatic carbocycles. The number of nitrogens with one attached hydrogen (secondary N) is 1. The van der Waals surface area contributed by atoms with Crippen LogP contribution < -0.4 is 4.72 Å². The zero-order valence-corrected chi connectivity index (χ0v) is 12.5. The van der Waals surface area contributed by atoms with Crippen LogP contribution in [0.15, 0.2) is 41.3 Å². The van der Waals surface area contributed by atoms with Gasteiger partial charge in [-0.2, -0.15) is 0 Å². The Morgan fingerprint density at radius 3 is 2.47 bits per heavy atom. The van der Waals surface area contributed by atoms with E-state index < -0.39 is 15.6 Å². The number of sulfonamides is 1. The number of allylic oxidation sites excluding steroid dienone is 1. The summed E-state index contributed by atoms with van der Waals surface area (Å²) >= 11 is 0. The van der Waals surface area contributed by atoms with Crippen LogP contribution in [-0.2, 0) is 10.0 Å². The maximum absolute atomic E-state index is 12.4. The summed E-state index contributed by atoms with van der Waals surface area (Å²) in [4.78, 5) is 0.325. The van der Waals surface area contributed by atoms with Crippen LogP contribution in [0.25, 0.3) is 0 Å². The molecule has 0 heterocycles. The van der Waals surface area contributed by atoms with E-state index in [1.165, 1.54) is 0 Å². The SMILES string of the molecule is Cc1ccc(S(=O)(=O)N[C@]2(C)C=CC[C@@H](C)C2)cc1. The Morgan fingerprint density at radius 1 is 1.26 bits per heavy atom. The number of aryl methyl sites for hydroxylation is 1. The van der Waals surface area contributed by atoms with Crippen molar-refractivity contribution in [2.75, 3.05) is 0 Å². The molecule has 0 saturated heterocycles. The van der Waals surface area contributed by atoms with Crippen molar-refractivity contribution in [1.82, 2.24) is 4.72 Å². The molecule has 1 aliphatic rings. The van der Waals surface area contributed by atoms with Crippen molar-refractivity contribution < 1.29 is 8.42 Å². The van der Waals surface area contributed by atoms with Crippen molar-refractivity contribution >= 4 is 10.0 Å². The van der Waals surface area contributed by atoms with Gasteiger partial charge in [0.1, 0.15) is 0 Å². The van der Waals surface area contributed by atoms with Crippen molar-refractivity contribution in [3.8, 4) is 0 Å². The number of benzene rings is 1. The second-order valence-electron chi connectivity index (χ2n) is 5.78. The molecule has 1 aromatic carbocycles. The van der Waals surface area contributed by atoms with Gasteiger partial charge in [0, 0.05) is 5.54 Å². The maximum Gasteiger partial charge on any atom is 0.241 e. The molecule has 1 aromatic rings. The van der Waals surface area contributed by atoms with Crippen LogP contribution in [-0.4, -0.2) is 14.0 Å². The predicted molar refractivity (Wildman–Crippen MR) is 77.4 cm³/mol. The zero-order valence-electron chi connectivity index (χ0n) is 11.7. The van der Waals surface area contributed by atoms with Crippen LogP contribution in [0.1, 0.15) is 32.3 Å². The van der Waals surface area contributed by atoms with E-state index in [0.717, 1.165) is 18.4 Å². The van der Waals surface area contributed by atoms with Crippen molar-refractivity contribution in [2.24, 2.45) is 5.92 Å². The Hall–Kier alpha value is -1.13. The fourth-order valence-electron chi connectivity index (χ4n) is 2.59. The Bertz CT molecular complexity index is 575. The molecular weight excluding hydrogens is 258 g/mol. The summed E-state index contributed by atoms with van der Waals surface area (Å²) in [6.45, 7) is 6.02. The summed E-state index contributed by atoms with van der Waals surface area (Å²) in [5, 5.41) is 0. The molecule has 0 fully saturated rings. The first kappa shape index (κ1) is 14.3. The lowest BCUT2D eigenvalue weighted by Gasteiger charge is -2.33. The molecule has 0 unspecified atom stereocenters. The van der Waals surface area contributed by atoms with E-state index in [2.05, 4.69) is 17.7 Å². The molecule has 2 atom stereocenters. The van der Waals surface area contributed by atoms with Gasteiger partial charge < -0.3 is 0 Å². The molecule has 0 aliphatic heterocycles. The molecule has 0 amide bonds. The van der Waals surface area contributed by atoms with Crippen LogP contribution in [0.4, 0.5) is 0 Å². The molecule has 0 saturated carbocycles. The highest BCUT2D eigenvalue weighted by atomic mass is 32.2. The number of rotatable bonds is 3. The van der Waals surface area contributed by atoms with Gasteiger partial charge in [0.2, 0.25) is 10.0 Å². The topological polar surface area (TPSA) is 46.2 Å². The molecule has 19 heavy (non-hydrogen) atoms. The normalized spacial score (nSPS) is 27.4. The van der Waals surface area contributed by atoms with Gasteiger partial charge in [-0.05, 0) is 44.7 Å². The molecule has 2 rings (SSSR count). The highest BCUT2D eigenvalue weighted by Gasteiger charge is 2.31. The van der Waals surface area contributed by atoms with E-state index in [-0.39, 0.29) is 0 Å². The minimum atomic E-state index is -3.46. The standard InChI is InChI=1S/C15H21NO2S/c1-12-6-8-14(9-7-12)19(17,18)16-15(3)10-4-5-13(2)11-15/h4,6-10,13,16H,5,11H2,1-3H3/t13-,15-/m1/s1. The lowest BCUT2D eigenvalue weighted by atomic mass is 9.84. The van der Waals surface area contributed by atoms with E-state index in [4.69, 9.17) is 0 Å². The van der Waals surface area contributed by atoms with Crippen molar-refractivity contribution in [2.45, 2.75) is 44.0 Å². The highest BCUT2D eigenvalue weighted by molar-refractivity contribution is 7.89. The summed E-state index contributed by atoms with van der Waals surface area (Å²) in [5.74, 6) is 0.496. The molecule has 0 bridgehead atoms. The first-order chi connectivity index (χ1) is 8.81. The highest BCUT2D eigenvalue weighted by Crippen LogP contribution is 2.28. The van der Waals surface area contributed by atoms with Crippen LogP contribution in [0.2, 0.25) is 0 Å². The average molecular weight is 279 g/mol. The second kappa shape index (κ2) is 5.10. The van der Waals surface area contributed by atoms with Gasteiger partial charge in [0.05, 0.1) is 4.90 Å². The van der Waals surface area contributed by atoms with Crippen LogP contribution >= 0.6 is 0 Å². The van der Waals surface area contributed by atoms with E-state index in [0.29, 0.717) is 10.8 Å². The van der Waals surface area contributed by atoms with Crippen LogP contribution in [0.3, 0.4) is 0 Å². The average Bonchev–Trinajstić information content (AvgIpc) is 2.27. The van der Waals surface area contributed by atoms with Gasteiger partial charge >= 0.3 is 0 Å². The molecule has 3 nitrogen and oxygen atoms in total. The predicted octanol–water partition coefficient (Wildman–Crippen LogP) is 3.02. The molecule has 0 spiro atoms. The van der Waals surface area contributed by atoms with Crippen LogP contribution in [0, 0.1) is 12.8 Å². The molecule has 0 radical (unpaired) electrons. The van der Waals surface area contributed by atoms with Gasteiger partial charge in [-0.3, -0.25) is 0 Å².